The fourth-order valence-corrected chi connectivity index (χ4v) is 2.68. The predicted octanol–water partition coefficient (Wildman–Crippen LogP) is 3.65. The van der Waals surface area contributed by atoms with Crippen LogP contribution in [0, 0.1) is 13.8 Å². The second kappa shape index (κ2) is 7.45. The first-order valence-corrected chi connectivity index (χ1v) is 8.14. The summed E-state index contributed by atoms with van der Waals surface area (Å²) in [7, 11) is 0. The molecule has 0 spiro atoms. The fourth-order valence-electron chi connectivity index (χ4n) is 2.41. The van der Waals surface area contributed by atoms with Gasteiger partial charge in [0.2, 0.25) is 0 Å². The number of carbonyl (C=O) groups is 1. The lowest BCUT2D eigenvalue weighted by molar-refractivity contribution is 0.252. The van der Waals surface area contributed by atoms with Gasteiger partial charge in [0.1, 0.15) is 0 Å². The molecule has 118 valence electrons. The molecule has 0 aliphatic carbocycles. The Hall–Kier alpha value is -1.82. The van der Waals surface area contributed by atoms with Gasteiger partial charge in [0.05, 0.1) is 5.69 Å². The molecule has 2 aromatic rings. The highest BCUT2D eigenvalue weighted by Gasteiger charge is 2.10. The summed E-state index contributed by atoms with van der Waals surface area (Å²) >= 11 is 3.36. The average Bonchev–Trinajstić information content (AvgIpc) is 2.77. The van der Waals surface area contributed by atoms with Gasteiger partial charge >= 0.3 is 6.03 Å². The van der Waals surface area contributed by atoms with Crippen LogP contribution in [0.5, 0.6) is 0 Å². The van der Waals surface area contributed by atoms with E-state index in [9.17, 15) is 4.79 Å². The molecule has 0 saturated carbocycles. The molecular formula is C16H21BrN4O. The molecule has 2 rings (SSSR count). The number of nitrogens with zero attached hydrogens (tertiary/aromatic N) is 2. The molecule has 5 nitrogen and oxygen atoms in total. The zero-order valence-electron chi connectivity index (χ0n) is 13.1. The summed E-state index contributed by atoms with van der Waals surface area (Å²) in [5.41, 5.74) is 4.20. The molecule has 1 aromatic heterocycles. The van der Waals surface area contributed by atoms with Gasteiger partial charge in [0.25, 0.3) is 0 Å². The zero-order valence-corrected chi connectivity index (χ0v) is 14.7. The normalized spacial score (nSPS) is 10.5. The summed E-state index contributed by atoms with van der Waals surface area (Å²) in [6.07, 6.45) is 0.783. The summed E-state index contributed by atoms with van der Waals surface area (Å²) in [5.74, 6) is 0. The third kappa shape index (κ3) is 4.10. The highest BCUT2D eigenvalue weighted by molar-refractivity contribution is 9.10. The Morgan fingerprint density at radius 3 is 2.55 bits per heavy atom. The molecule has 2 N–H and O–H groups in total. The average molecular weight is 365 g/mol. The molecule has 0 saturated heterocycles. The van der Waals surface area contributed by atoms with E-state index in [4.69, 9.17) is 0 Å². The molecule has 0 fully saturated rings. The van der Waals surface area contributed by atoms with E-state index < -0.39 is 0 Å². The number of aryl methyl sites for hydroxylation is 2. The highest BCUT2D eigenvalue weighted by Crippen LogP contribution is 2.14. The molecule has 0 aliphatic heterocycles. The molecule has 2 amide bonds. The van der Waals surface area contributed by atoms with E-state index in [-0.39, 0.29) is 6.03 Å². The van der Waals surface area contributed by atoms with Crippen molar-refractivity contribution in [1.29, 1.82) is 0 Å². The van der Waals surface area contributed by atoms with Gasteiger partial charge in [-0.1, -0.05) is 15.9 Å². The van der Waals surface area contributed by atoms with Crippen molar-refractivity contribution in [1.82, 2.24) is 15.1 Å². The number of nitrogens with one attached hydrogen (secondary N) is 2. The lowest BCUT2D eigenvalue weighted by Gasteiger charge is -2.08. The highest BCUT2D eigenvalue weighted by atomic mass is 79.9. The Balaban J connectivity index is 1.84. The van der Waals surface area contributed by atoms with Crippen molar-refractivity contribution in [3.05, 3.63) is 45.7 Å². The predicted molar refractivity (Wildman–Crippen MR) is 92.2 cm³/mol. The number of rotatable bonds is 5. The van der Waals surface area contributed by atoms with Crippen LogP contribution in [0.15, 0.2) is 28.7 Å². The molecule has 0 bridgehead atoms. The summed E-state index contributed by atoms with van der Waals surface area (Å²) in [4.78, 5) is 11.9. The molecular weight excluding hydrogens is 344 g/mol. The Bertz CT molecular complexity index is 649. The van der Waals surface area contributed by atoms with Gasteiger partial charge in [0, 0.05) is 28.9 Å². The maximum atomic E-state index is 11.9. The smallest absolute Gasteiger partial charge is 0.319 e. The van der Waals surface area contributed by atoms with E-state index in [0.29, 0.717) is 6.54 Å². The Morgan fingerprint density at radius 1 is 1.27 bits per heavy atom. The number of urea groups is 1. The number of carbonyl (C=O) groups excluding carboxylic acids is 1. The zero-order chi connectivity index (χ0) is 16.1. The Labute approximate surface area is 139 Å². The minimum atomic E-state index is -0.194. The van der Waals surface area contributed by atoms with Crippen molar-refractivity contribution in [2.75, 3.05) is 11.9 Å². The van der Waals surface area contributed by atoms with Gasteiger partial charge < -0.3 is 10.6 Å². The van der Waals surface area contributed by atoms with E-state index in [1.165, 1.54) is 11.3 Å². The standard InChI is InChI=1S/C16H21BrN4O/c1-4-21-12(3)15(11(2)20-21)9-10-18-16(22)19-14-7-5-13(17)6-8-14/h5-8H,4,9-10H2,1-3H3,(H2,18,19,22). The van der Waals surface area contributed by atoms with Crippen LogP contribution in [0.4, 0.5) is 10.5 Å². The first-order chi connectivity index (χ1) is 10.5. The second-order valence-corrected chi connectivity index (χ2v) is 6.02. The van der Waals surface area contributed by atoms with Gasteiger partial charge in [-0.15, -0.1) is 0 Å². The first kappa shape index (κ1) is 16.5. The monoisotopic (exact) mass is 364 g/mol. The van der Waals surface area contributed by atoms with E-state index in [2.05, 4.69) is 45.5 Å². The molecule has 0 atom stereocenters. The molecule has 0 radical (unpaired) electrons. The van der Waals surface area contributed by atoms with Crippen LogP contribution in [0.1, 0.15) is 23.9 Å². The third-order valence-electron chi connectivity index (χ3n) is 3.59. The minimum absolute atomic E-state index is 0.194. The number of anilines is 1. The first-order valence-electron chi connectivity index (χ1n) is 7.34. The van der Waals surface area contributed by atoms with Crippen LogP contribution in [0.3, 0.4) is 0 Å². The minimum Gasteiger partial charge on any atom is -0.338 e. The SMILES string of the molecule is CCn1nc(C)c(CCNC(=O)Nc2ccc(Br)cc2)c1C. The van der Waals surface area contributed by atoms with Gasteiger partial charge in [-0.3, -0.25) is 4.68 Å². The molecule has 0 unspecified atom stereocenters. The summed E-state index contributed by atoms with van der Waals surface area (Å²) in [6, 6.07) is 7.29. The van der Waals surface area contributed by atoms with Gasteiger partial charge in [-0.05, 0) is 57.0 Å². The number of benzene rings is 1. The van der Waals surface area contributed by atoms with Crippen LogP contribution in [0.2, 0.25) is 0 Å². The van der Waals surface area contributed by atoms with Crippen LogP contribution >= 0.6 is 15.9 Å². The largest absolute Gasteiger partial charge is 0.338 e. The maximum Gasteiger partial charge on any atom is 0.319 e. The van der Waals surface area contributed by atoms with E-state index >= 15 is 0 Å². The van der Waals surface area contributed by atoms with Gasteiger partial charge in [-0.25, -0.2) is 4.79 Å². The van der Waals surface area contributed by atoms with Gasteiger partial charge in [0.15, 0.2) is 0 Å². The number of amides is 2. The van der Waals surface area contributed by atoms with Crippen LogP contribution in [-0.2, 0) is 13.0 Å². The lowest BCUT2D eigenvalue weighted by atomic mass is 10.1. The van der Waals surface area contributed by atoms with Crippen LogP contribution in [-0.4, -0.2) is 22.4 Å². The lowest BCUT2D eigenvalue weighted by Crippen LogP contribution is -2.30. The molecule has 0 aliphatic rings. The molecule has 1 heterocycles. The van der Waals surface area contributed by atoms with Crippen molar-refractivity contribution in [2.24, 2.45) is 0 Å². The van der Waals surface area contributed by atoms with E-state index in [1.807, 2.05) is 35.9 Å². The number of hydrogen-bond acceptors (Lipinski definition) is 2. The van der Waals surface area contributed by atoms with Crippen molar-refractivity contribution >= 4 is 27.6 Å². The molecule has 1 aromatic carbocycles. The quantitative estimate of drug-likeness (QED) is 0.850. The summed E-state index contributed by atoms with van der Waals surface area (Å²) < 4.78 is 2.98. The summed E-state index contributed by atoms with van der Waals surface area (Å²) in [6.45, 7) is 7.61. The second-order valence-electron chi connectivity index (χ2n) is 5.10. The van der Waals surface area contributed by atoms with Crippen LogP contribution in [0.25, 0.3) is 0 Å². The van der Waals surface area contributed by atoms with E-state index in [0.717, 1.165) is 28.8 Å². The van der Waals surface area contributed by atoms with Crippen molar-refractivity contribution in [3.8, 4) is 0 Å². The third-order valence-corrected chi connectivity index (χ3v) is 4.12. The molecule has 6 heteroatoms. The number of aromatic nitrogens is 2. The molecule has 22 heavy (non-hydrogen) atoms. The van der Waals surface area contributed by atoms with Crippen LogP contribution < -0.4 is 10.6 Å². The number of hydrogen-bond donors (Lipinski definition) is 2. The Morgan fingerprint density at radius 2 is 1.95 bits per heavy atom. The topological polar surface area (TPSA) is 59.0 Å². The van der Waals surface area contributed by atoms with Crippen molar-refractivity contribution < 1.29 is 4.79 Å². The fraction of sp³-hybridized carbons (Fsp3) is 0.375. The van der Waals surface area contributed by atoms with E-state index in [1.54, 1.807) is 0 Å². The van der Waals surface area contributed by atoms with Crippen molar-refractivity contribution in [3.63, 3.8) is 0 Å². The summed E-state index contributed by atoms with van der Waals surface area (Å²) in [5, 5.41) is 10.2. The Kier molecular flexibility index (Phi) is 5.60. The maximum absolute atomic E-state index is 11.9. The van der Waals surface area contributed by atoms with Gasteiger partial charge in [-0.2, -0.15) is 5.10 Å². The van der Waals surface area contributed by atoms with Crippen molar-refractivity contribution in [2.45, 2.75) is 33.7 Å². The number of halogens is 1.